The van der Waals surface area contributed by atoms with Gasteiger partial charge in [0.05, 0.1) is 10.4 Å². The summed E-state index contributed by atoms with van der Waals surface area (Å²) >= 11 is 0. The fourth-order valence-corrected chi connectivity index (χ4v) is 1.84. The highest BCUT2D eigenvalue weighted by Gasteiger charge is 2.12. The summed E-state index contributed by atoms with van der Waals surface area (Å²) in [6.07, 6.45) is 0. The molecule has 0 saturated carbocycles. The molecule has 20 heavy (non-hydrogen) atoms. The molecule has 0 bridgehead atoms. The Kier molecular flexibility index (Phi) is 4.14. The van der Waals surface area contributed by atoms with Crippen LogP contribution < -0.4 is 5.32 Å². The smallest absolute Gasteiger partial charge is 0.270 e. The van der Waals surface area contributed by atoms with E-state index in [1.165, 1.54) is 12.1 Å². The van der Waals surface area contributed by atoms with Crippen molar-refractivity contribution in [1.29, 1.82) is 0 Å². The quantitative estimate of drug-likeness (QED) is 0.646. The van der Waals surface area contributed by atoms with Crippen molar-refractivity contribution in [2.24, 2.45) is 5.92 Å². The number of hydrogen-bond donors (Lipinski definition) is 2. The van der Waals surface area contributed by atoms with E-state index in [0.29, 0.717) is 11.3 Å². The molecule has 2 N–H and O–H groups in total. The van der Waals surface area contributed by atoms with Crippen molar-refractivity contribution in [3.63, 3.8) is 0 Å². The third kappa shape index (κ3) is 3.03. The zero-order valence-corrected chi connectivity index (χ0v) is 11.4. The maximum atomic E-state index is 10.7. The van der Waals surface area contributed by atoms with Crippen LogP contribution in [0.15, 0.2) is 30.3 Å². The third-order valence-corrected chi connectivity index (χ3v) is 3.40. The van der Waals surface area contributed by atoms with E-state index >= 15 is 0 Å². The molecule has 2 unspecified atom stereocenters. The number of rotatable bonds is 5. The number of nitro benzene ring substituents is 1. The van der Waals surface area contributed by atoms with Crippen LogP contribution in [-0.4, -0.2) is 27.7 Å². The van der Waals surface area contributed by atoms with Gasteiger partial charge in [-0.1, -0.05) is 6.92 Å². The summed E-state index contributed by atoms with van der Waals surface area (Å²) in [6, 6.07) is 8.26. The van der Waals surface area contributed by atoms with Gasteiger partial charge in [-0.2, -0.15) is 0 Å². The van der Waals surface area contributed by atoms with Gasteiger partial charge in [-0.3, -0.25) is 10.1 Å². The number of nitrogens with zero attached hydrogens (tertiary/aromatic N) is 2. The largest absolute Gasteiger partial charge is 0.396 e. The summed E-state index contributed by atoms with van der Waals surface area (Å²) in [5, 5.41) is 23.8. The van der Waals surface area contributed by atoms with E-state index in [-0.39, 0.29) is 24.3 Å². The molecule has 1 aromatic heterocycles. The molecule has 0 aliphatic heterocycles. The summed E-state index contributed by atoms with van der Waals surface area (Å²) in [7, 11) is 0. The molecule has 2 rings (SSSR count). The normalized spacial score (nSPS) is 13.9. The molecule has 2 aromatic rings. The number of aliphatic hydroxyl groups is 1. The lowest BCUT2D eigenvalue weighted by Gasteiger charge is -2.19. The Balaban J connectivity index is 2.26. The molecule has 0 spiro atoms. The highest BCUT2D eigenvalue weighted by Crippen LogP contribution is 2.21. The van der Waals surface area contributed by atoms with E-state index in [0.717, 1.165) is 5.39 Å². The average Bonchev–Trinajstić information content (AvgIpc) is 2.45. The van der Waals surface area contributed by atoms with Gasteiger partial charge >= 0.3 is 0 Å². The van der Waals surface area contributed by atoms with E-state index in [9.17, 15) is 10.1 Å². The molecule has 6 nitrogen and oxygen atoms in total. The Morgan fingerprint density at radius 3 is 2.75 bits per heavy atom. The Hall–Kier alpha value is -2.21. The molecular formula is C14H17N3O3. The number of nitrogens with one attached hydrogen (secondary N) is 1. The van der Waals surface area contributed by atoms with Crippen molar-refractivity contribution in [1.82, 2.24) is 4.98 Å². The predicted molar refractivity (Wildman–Crippen MR) is 77.7 cm³/mol. The molecule has 0 amide bonds. The van der Waals surface area contributed by atoms with Crippen LogP contribution >= 0.6 is 0 Å². The van der Waals surface area contributed by atoms with Gasteiger partial charge in [-0.05, 0) is 31.0 Å². The number of aliphatic hydroxyl groups excluding tert-OH is 1. The second kappa shape index (κ2) is 5.83. The Bertz CT molecular complexity index is 630. The number of benzene rings is 1. The number of nitro groups is 1. The van der Waals surface area contributed by atoms with Gasteiger partial charge in [0.2, 0.25) is 0 Å². The second-order valence-electron chi connectivity index (χ2n) is 4.92. The Morgan fingerprint density at radius 2 is 2.10 bits per heavy atom. The number of non-ortho nitro benzene ring substituents is 1. The van der Waals surface area contributed by atoms with Crippen LogP contribution in [0.25, 0.3) is 10.9 Å². The molecule has 2 atom stereocenters. The first kappa shape index (κ1) is 14.2. The third-order valence-electron chi connectivity index (χ3n) is 3.40. The Labute approximate surface area is 116 Å². The lowest BCUT2D eigenvalue weighted by molar-refractivity contribution is -0.384. The van der Waals surface area contributed by atoms with Gasteiger partial charge in [0, 0.05) is 30.2 Å². The van der Waals surface area contributed by atoms with Crippen molar-refractivity contribution >= 4 is 22.4 Å². The minimum absolute atomic E-state index is 0.0577. The maximum Gasteiger partial charge on any atom is 0.270 e. The van der Waals surface area contributed by atoms with E-state index in [1.807, 2.05) is 13.8 Å². The van der Waals surface area contributed by atoms with Crippen molar-refractivity contribution < 1.29 is 10.0 Å². The van der Waals surface area contributed by atoms with Gasteiger partial charge in [-0.25, -0.2) is 4.98 Å². The van der Waals surface area contributed by atoms with E-state index < -0.39 is 4.92 Å². The molecule has 6 heteroatoms. The zero-order valence-electron chi connectivity index (χ0n) is 11.4. The van der Waals surface area contributed by atoms with Gasteiger partial charge in [0.1, 0.15) is 5.82 Å². The molecule has 0 aliphatic carbocycles. The summed E-state index contributed by atoms with van der Waals surface area (Å²) in [4.78, 5) is 14.7. The number of pyridine rings is 1. The molecule has 1 heterocycles. The Morgan fingerprint density at radius 1 is 1.35 bits per heavy atom. The fourth-order valence-electron chi connectivity index (χ4n) is 1.84. The molecular weight excluding hydrogens is 258 g/mol. The first-order valence-electron chi connectivity index (χ1n) is 6.44. The minimum Gasteiger partial charge on any atom is -0.396 e. The van der Waals surface area contributed by atoms with Gasteiger partial charge in [0.25, 0.3) is 5.69 Å². The van der Waals surface area contributed by atoms with E-state index in [1.54, 1.807) is 18.2 Å². The van der Waals surface area contributed by atoms with Crippen molar-refractivity contribution in [3.8, 4) is 0 Å². The van der Waals surface area contributed by atoms with Crippen molar-refractivity contribution in [2.75, 3.05) is 11.9 Å². The predicted octanol–water partition coefficient (Wildman–Crippen LogP) is 2.57. The van der Waals surface area contributed by atoms with Crippen molar-refractivity contribution in [3.05, 3.63) is 40.4 Å². The standard InChI is InChI=1S/C14H17N3O3/c1-9(8-18)10(2)15-14-6-3-11-7-12(17(19)20)4-5-13(11)16-14/h3-7,9-10,18H,8H2,1-2H3,(H,15,16). The molecule has 0 fully saturated rings. The minimum atomic E-state index is -0.420. The number of aromatic nitrogens is 1. The SMILES string of the molecule is CC(CO)C(C)Nc1ccc2cc([N+](=O)[O-])ccc2n1. The summed E-state index contributed by atoms with van der Waals surface area (Å²) in [5.41, 5.74) is 0.756. The molecule has 0 aliphatic rings. The number of anilines is 1. The van der Waals surface area contributed by atoms with Crippen LogP contribution in [0.4, 0.5) is 11.5 Å². The van der Waals surface area contributed by atoms with Crippen molar-refractivity contribution in [2.45, 2.75) is 19.9 Å². The summed E-state index contributed by atoms with van der Waals surface area (Å²) in [5.74, 6) is 0.809. The molecule has 1 aromatic carbocycles. The molecule has 106 valence electrons. The lowest BCUT2D eigenvalue weighted by atomic mass is 10.1. The summed E-state index contributed by atoms with van der Waals surface area (Å²) in [6.45, 7) is 4.03. The fraction of sp³-hybridized carbons (Fsp3) is 0.357. The summed E-state index contributed by atoms with van der Waals surface area (Å²) < 4.78 is 0. The van der Waals surface area contributed by atoms with Crippen LogP contribution in [-0.2, 0) is 0 Å². The first-order chi connectivity index (χ1) is 9.51. The lowest BCUT2D eigenvalue weighted by Crippen LogP contribution is -2.26. The van der Waals surface area contributed by atoms with Crippen LogP contribution in [0.3, 0.4) is 0 Å². The van der Waals surface area contributed by atoms with Gasteiger partial charge < -0.3 is 10.4 Å². The van der Waals surface area contributed by atoms with Gasteiger partial charge in [-0.15, -0.1) is 0 Å². The maximum absolute atomic E-state index is 10.7. The highest BCUT2D eigenvalue weighted by molar-refractivity contribution is 5.82. The van der Waals surface area contributed by atoms with Crippen LogP contribution in [0, 0.1) is 16.0 Å². The van der Waals surface area contributed by atoms with Gasteiger partial charge in [0.15, 0.2) is 0 Å². The van der Waals surface area contributed by atoms with E-state index in [2.05, 4.69) is 10.3 Å². The second-order valence-corrected chi connectivity index (χ2v) is 4.92. The molecule has 0 radical (unpaired) electrons. The number of hydrogen-bond acceptors (Lipinski definition) is 5. The highest BCUT2D eigenvalue weighted by atomic mass is 16.6. The van der Waals surface area contributed by atoms with Crippen LogP contribution in [0.5, 0.6) is 0 Å². The zero-order chi connectivity index (χ0) is 14.7. The molecule has 0 saturated heterocycles. The number of fused-ring (bicyclic) bond motifs is 1. The topological polar surface area (TPSA) is 88.3 Å². The van der Waals surface area contributed by atoms with E-state index in [4.69, 9.17) is 5.11 Å². The van der Waals surface area contributed by atoms with Crippen LogP contribution in [0.1, 0.15) is 13.8 Å². The van der Waals surface area contributed by atoms with Crippen LogP contribution in [0.2, 0.25) is 0 Å². The monoisotopic (exact) mass is 275 g/mol. The first-order valence-corrected chi connectivity index (χ1v) is 6.44. The average molecular weight is 275 g/mol.